The van der Waals surface area contributed by atoms with Crippen LogP contribution in [-0.4, -0.2) is 71.6 Å². The van der Waals surface area contributed by atoms with E-state index in [4.69, 9.17) is 9.47 Å². The van der Waals surface area contributed by atoms with Gasteiger partial charge in [-0.15, -0.1) is 0 Å². The number of carbonyl (C=O) groups excluding carboxylic acids is 1. The number of fused-ring (bicyclic) bond motifs is 4. The predicted octanol–water partition coefficient (Wildman–Crippen LogP) is 8.57. The number of rotatable bonds is 19. The van der Waals surface area contributed by atoms with Crippen molar-refractivity contribution in [2.45, 2.75) is 76.5 Å². The summed E-state index contributed by atoms with van der Waals surface area (Å²) in [6.45, 7) is 5.21. The molecule has 0 unspecified atom stereocenters. The van der Waals surface area contributed by atoms with Crippen molar-refractivity contribution in [3.8, 4) is 22.6 Å². The second kappa shape index (κ2) is 19.8. The highest BCUT2D eigenvalue weighted by Crippen LogP contribution is 2.32. The molecular weight excluding hydrogens is 717 g/mol. The first-order valence-corrected chi connectivity index (χ1v) is 20.7. The molecule has 3 aliphatic heterocycles. The average molecular weight is 773 g/mol. The highest BCUT2D eigenvalue weighted by Gasteiger charge is 2.37. The van der Waals surface area contributed by atoms with E-state index in [0.717, 1.165) is 112 Å². The molecule has 1 amide bonds. The number of phenols is 1. The highest BCUT2D eigenvalue weighted by molar-refractivity contribution is 5.88. The first kappa shape index (κ1) is 40.1. The summed E-state index contributed by atoms with van der Waals surface area (Å²) in [5, 5.41) is 24.8. The molecule has 3 aliphatic rings. The summed E-state index contributed by atoms with van der Waals surface area (Å²) in [5.74, 6) is 1.16. The lowest BCUT2D eigenvalue weighted by Crippen LogP contribution is -2.53. The lowest BCUT2D eigenvalue weighted by atomic mass is 9.86. The van der Waals surface area contributed by atoms with Crippen LogP contribution >= 0.6 is 0 Å². The maximum absolute atomic E-state index is 14.0. The fourth-order valence-electron chi connectivity index (χ4n) is 8.23. The van der Waals surface area contributed by atoms with Gasteiger partial charge < -0.3 is 30.0 Å². The number of hydrogen-bond donors (Lipinski definition) is 4. The van der Waals surface area contributed by atoms with Gasteiger partial charge in [-0.25, -0.2) is 4.79 Å². The maximum Gasteiger partial charge on any atom is 0.414 e. The number of hydrogen-bond acceptors (Lipinski definition) is 8. The number of aromatic hydroxyl groups is 1. The minimum absolute atomic E-state index is 0.0107. The summed E-state index contributed by atoms with van der Waals surface area (Å²) in [6.07, 6.45) is 8.68. The molecule has 10 nitrogen and oxygen atoms in total. The Labute approximate surface area is 335 Å². The third kappa shape index (κ3) is 10.8. The Bertz CT molecular complexity index is 2110. The van der Waals surface area contributed by atoms with Crippen molar-refractivity contribution in [3.63, 3.8) is 0 Å². The molecular formula is C47H56N4O6. The monoisotopic (exact) mass is 772 g/mol. The van der Waals surface area contributed by atoms with Gasteiger partial charge in [0.2, 0.25) is 5.56 Å². The van der Waals surface area contributed by atoms with Crippen LogP contribution in [0.25, 0.3) is 22.0 Å². The standard InChI is InChI=1S/C47H56N4O6/c52-42-21-19-40(41-20-22-45(54)49-46(41)42)43(53)31-48-25-9-4-2-1-3-5-10-28-56-39-18-12-17-38(30-39)51(47(55)57-44-33-50-26-23-36(44)24-27-50)32-34-13-11-16-37(29-34)35-14-7-6-8-15-35/h6-8,11-22,29-30,36,43-44,48,52-53H,1-5,9-10,23-28,31-33H2,(H,49,54)/t43-,44-/m0/s1. The number of aliphatic hydroxyl groups is 1. The third-order valence-electron chi connectivity index (χ3n) is 11.4. The van der Waals surface area contributed by atoms with Crippen LogP contribution in [0.3, 0.4) is 0 Å². The molecule has 2 atom stereocenters. The lowest BCUT2D eigenvalue weighted by Gasteiger charge is -2.44. The van der Waals surface area contributed by atoms with E-state index in [-0.39, 0.29) is 23.5 Å². The van der Waals surface area contributed by atoms with Gasteiger partial charge in [-0.1, -0.05) is 92.8 Å². The van der Waals surface area contributed by atoms with Crippen molar-refractivity contribution in [1.82, 2.24) is 15.2 Å². The first-order valence-electron chi connectivity index (χ1n) is 20.7. The number of nitrogens with one attached hydrogen (secondary N) is 2. The van der Waals surface area contributed by atoms with Crippen molar-refractivity contribution in [3.05, 3.63) is 125 Å². The molecule has 0 radical (unpaired) electrons. The van der Waals surface area contributed by atoms with Crippen LogP contribution in [0.15, 0.2) is 108 Å². The van der Waals surface area contributed by atoms with Crippen molar-refractivity contribution < 1.29 is 24.5 Å². The van der Waals surface area contributed by atoms with E-state index in [0.29, 0.717) is 42.1 Å². The summed E-state index contributed by atoms with van der Waals surface area (Å²) in [6, 6.07) is 32.7. The minimum atomic E-state index is -0.748. The Morgan fingerprint density at radius 3 is 2.39 bits per heavy atom. The Kier molecular flexibility index (Phi) is 13.9. The van der Waals surface area contributed by atoms with Crippen LogP contribution < -0.4 is 20.5 Å². The SMILES string of the molecule is O=C(O[C@H]1CN2CCC1CC2)N(Cc1cccc(-c2ccccc2)c1)c1cccc(OCCCCCCCCCNC[C@H](O)c2ccc(O)c3[nH]c(=O)ccc23)c1. The predicted molar refractivity (Wildman–Crippen MR) is 226 cm³/mol. The number of benzene rings is 4. The number of aromatic nitrogens is 1. The van der Waals surface area contributed by atoms with Gasteiger partial charge in [-0.3, -0.25) is 14.6 Å². The topological polar surface area (TPSA) is 127 Å². The zero-order chi connectivity index (χ0) is 39.4. The molecule has 8 rings (SSSR count). The van der Waals surface area contributed by atoms with E-state index in [9.17, 15) is 19.8 Å². The summed E-state index contributed by atoms with van der Waals surface area (Å²) in [5.41, 5.74) is 4.77. The minimum Gasteiger partial charge on any atom is -0.506 e. The molecule has 4 N–H and O–H groups in total. The molecule has 57 heavy (non-hydrogen) atoms. The second-order valence-electron chi connectivity index (χ2n) is 15.5. The molecule has 0 saturated carbocycles. The number of pyridine rings is 1. The fourth-order valence-corrected chi connectivity index (χ4v) is 8.23. The molecule has 4 aromatic carbocycles. The van der Waals surface area contributed by atoms with E-state index in [1.807, 2.05) is 48.5 Å². The molecule has 5 aromatic rings. The van der Waals surface area contributed by atoms with Crippen LogP contribution in [-0.2, 0) is 11.3 Å². The zero-order valence-electron chi connectivity index (χ0n) is 32.8. The van der Waals surface area contributed by atoms with Gasteiger partial charge in [0.25, 0.3) is 0 Å². The average Bonchev–Trinajstić information content (AvgIpc) is 3.24. The van der Waals surface area contributed by atoms with Crippen molar-refractivity contribution >= 4 is 22.7 Å². The van der Waals surface area contributed by atoms with E-state index in [1.54, 1.807) is 17.0 Å². The van der Waals surface area contributed by atoms with E-state index in [2.05, 4.69) is 45.5 Å². The van der Waals surface area contributed by atoms with E-state index < -0.39 is 6.10 Å². The first-order chi connectivity index (χ1) is 27.9. The number of aromatic amines is 1. The number of carbonyl (C=O) groups is 1. The summed E-state index contributed by atoms with van der Waals surface area (Å²) < 4.78 is 12.5. The Hall–Kier alpha value is -5.16. The van der Waals surface area contributed by atoms with Gasteiger partial charge >= 0.3 is 6.09 Å². The Morgan fingerprint density at radius 2 is 1.60 bits per heavy atom. The Balaban J connectivity index is 0.837. The second-order valence-corrected chi connectivity index (χ2v) is 15.5. The molecule has 3 saturated heterocycles. The highest BCUT2D eigenvalue weighted by atomic mass is 16.6. The third-order valence-corrected chi connectivity index (χ3v) is 11.4. The number of piperidine rings is 3. The van der Waals surface area contributed by atoms with Gasteiger partial charge in [0, 0.05) is 30.6 Å². The molecule has 4 heterocycles. The largest absolute Gasteiger partial charge is 0.506 e. The number of nitrogens with zero attached hydrogens (tertiary/aromatic N) is 2. The number of H-pyrrole nitrogens is 1. The normalized spacial score (nSPS) is 18.0. The van der Waals surface area contributed by atoms with Gasteiger partial charge in [-0.05, 0) is 104 Å². The number of phenolic OH excluding ortho intramolecular Hbond substituents is 1. The molecule has 10 heteroatoms. The van der Waals surface area contributed by atoms with E-state index in [1.165, 1.54) is 12.1 Å². The van der Waals surface area contributed by atoms with E-state index >= 15 is 0 Å². The number of anilines is 1. The summed E-state index contributed by atoms with van der Waals surface area (Å²) >= 11 is 0. The number of aliphatic hydroxyl groups excluding tert-OH is 1. The maximum atomic E-state index is 14.0. The Morgan fingerprint density at radius 1 is 0.842 bits per heavy atom. The fraction of sp³-hybridized carbons (Fsp3) is 0.404. The lowest BCUT2D eigenvalue weighted by molar-refractivity contribution is -0.0311. The van der Waals surface area contributed by atoms with Gasteiger partial charge in [0.05, 0.1) is 30.5 Å². The molecule has 0 aliphatic carbocycles. The number of unbranched alkanes of at least 4 members (excludes halogenated alkanes) is 6. The van der Waals surface area contributed by atoms with Gasteiger partial charge in [0.1, 0.15) is 17.6 Å². The molecule has 3 fully saturated rings. The smallest absolute Gasteiger partial charge is 0.414 e. The summed E-state index contributed by atoms with van der Waals surface area (Å²) in [7, 11) is 0. The van der Waals surface area contributed by atoms with Crippen molar-refractivity contribution in [2.24, 2.45) is 5.92 Å². The number of ether oxygens (including phenoxy) is 2. The van der Waals surface area contributed by atoms with Gasteiger partial charge in [-0.2, -0.15) is 0 Å². The molecule has 2 bridgehead atoms. The zero-order valence-corrected chi connectivity index (χ0v) is 32.8. The van der Waals surface area contributed by atoms with Gasteiger partial charge in [0.15, 0.2) is 0 Å². The van der Waals surface area contributed by atoms with Crippen LogP contribution in [0.5, 0.6) is 11.5 Å². The van der Waals surface area contributed by atoms with Crippen LogP contribution in [0.2, 0.25) is 0 Å². The van der Waals surface area contributed by atoms with Crippen molar-refractivity contribution in [1.29, 1.82) is 0 Å². The molecule has 300 valence electrons. The van der Waals surface area contributed by atoms with Crippen LogP contribution in [0.4, 0.5) is 10.5 Å². The van der Waals surface area contributed by atoms with Crippen molar-refractivity contribution in [2.75, 3.05) is 44.2 Å². The quantitative estimate of drug-likeness (QED) is 0.0616. The summed E-state index contributed by atoms with van der Waals surface area (Å²) in [4.78, 5) is 32.5. The van der Waals surface area contributed by atoms with Crippen LogP contribution in [0.1, 0.15) is 75.0 Å². The van der Waals surface area contributed by atoms with Crippen LogP contribution in [0, 0.1) is 5.92 Å². The molecule has 0 spiro atoms. The number of amides is 1. The molecule has 1 aromatic heterocycles.